The van der Waals surface area contributed by atoms with Gasteiger partial charge in [-0.15, -0.1) is 11.3 Å². The number of carbonyl (C=O) groups is 2. The molecular formula is C29H32N6O5S2. The van der Waals surface area contributed by atoms with Crippen LogP contribution >= 0.6 is 22.7 Å². The van der Waals surface area contributed by atoms with Crippen LogP contribution < -0.4 is 30.6 Å². The number of anilines is 4. The van der Waals surface area contributed by atoms with Crippen LogP contribution in [0.3, 0.4) is 0 Å². The second-order valence-corrected chi connectivity index (χ2v) is 11.5. The van der Waals surface area contributed by atoms with E-state index in [9.17, 15) is 9.59 Å². The quantitative estimate of drug-likeness (QED) is 0.225. The third-order valence-corrected chi connectivity index (χ3v) is 8.99. The van der Waals surface area contributed by atoms with Gasteiger partial charge in [-0.1, -0.05) is 23.5 Å². The average molecular weight is 609 g/mol. The molecule has 220 valence electrons. The van der Waals surface area contributed by atoms with Gasteiger partial charge >= 0.3 is 0 Å². The molecular weight excluding hydrogens is 576 g/mol. The number of hydrogen-bond donors (Lipinski definition) is 3. The van der Waals surface area contributed by atoms with E-state index in [0.717, 1.165) is 21.1 Å². The normalized spacial score (nSPS) is 13.5. The Bertz CT molecular complexity index is 1570. The monoisotopic (exact) mass is 608 g/mol. The van der Waals surface area contributed by atoms with Gasteiger partial charge in [-0.3, -0.25) is 9.59 Å². The van der Waals surface area contributed by atoms with Crippen molar-refractivity contribution < 1.29 is 23.8 Å². The standard InChI is InChI=1S/C29H32N6O5S2/c1-16(36)35-10-8-17(9-11-35)27(37)31-19-7-5-6-18(12-19)21-15-41-28(33-21)25-26(30)34-29(42-25)32-20-13-22(38-2)24(40-4)23(14-20)39-3/h5-7,12-15,17H,8-11,30H2,1-4H3,(H,31,37)(H,32,34). The Labute approximate surface area is 251 Å². The summed E-state index contributed by atoms with van der Waals surface area (Å²) >= 11 is 2.86. The maximum atomic E-state index is 12.9. The number of nitrogens with one attached hydrogen (secondary N) is 2. The summed E-state index contributed by atoms with van der Waals surface area (Å²) in [6, 6.07) is 11.2. The second kappa shape index (κ2) is 12.7. The molecule has 1 aliphatic rings. The molecule has 11 nitrogen and oxygen atoms in total. The number of aromatic nitrogens is 2. The van der Waals surface area contributed by atoms with E-state index >= 15 is 0 Å². The highest BCUT2D eigenvalue weighted by Crippen LogP contribution is 2.43. The van der Waals surface area contributed by atoms with Gasteiger partial charge in [0, 0.05) is 60.4 Å². The maximum absolute atomic E-state index is 12.9. The van der Waals surface area contributed by atoms with Gasteiger partial charge in [-0.25, -0.2) is 9.97 Å². The summed E-state index contributed by atoms with van der Waals surface area (Å²) in [5, 5.41) is 9.59. The van der Waals surface area contributed by atoms with Crippen molar-refractivity contribution >= 4 is 56.8 Å². The second-order valence-electron chi connectivity index (χ2n) is 9.66. The topological polar surface area (TPSA) is 141 Å². The minimum atomic E-state index is -0.118. The Kier molecular flexibility index (Phi) is 8.78. The summed E-state index contributed by atoms with van der Waals surface area (Å²) in [6.07, 6.45) is 1.32. The number of hydrogen-bond acceptors (Lipinski definition) is 11. The largest absolute Gasteiger partial charge is 0.493 e. The molecule has 0 atom stereocenters. The molecule has 4 aromatic rings. The zero-order valence-corrected chi connectivity index (χ0v) is 25.4. The van der Waals surface area contributed by atoms with Crippen LogP contribution in [-0.4, -0.2) is 61.1 Å². The Morgan fingerprint density at radius 1 is 1.00 bits per heavy atom. The number of methoxy groups -OCH3 is 3. The number of nitrogens with zero attached hydrogens (tertiary/aromatic N) is 3. The van der Waals surface area contributed by atoms with Gasteiger partial charge in [0.05, 0.1) is 27.0 Å². The van der Waals surface area contributed by atoms with E-state index in [4.69, 9.17) is 24.9 Å². The average Bonchev–Trinajstić information content (AvgIpc) is 3.63. The summed E-state index contributed by atoms with van der Waals surface area (Å²) in [7, 11) is 4.67. The van der Waals surface area contributed by atoms with Crippen molar-refractivity contribution in [1.82, 2.24) is 14.9 Å². The molecule has 13 heteroatoms. The lowest BCUT2D eigenvalue weighted by Crippen LogP contribution is -2.40. The maximum Gasteiger partial charge on any atom is 0.227 e. The SMILES string of the molecule is COc1cc(Nc2nc(N)c(-c3nc(-c4cccc(NC(=O)C5CCN(C(C)=O)CC5)c4)cs3)s2)cc(OC)c1OC. The molecule has 1 aliphatic heterocycles. The van der Waals surface area contributed by atoms with Crippen LogP contribution in [0.5, 0.6) is 17.2 Å². The number of nitrogens with two attached hydrogens (primary N) is 1. The fourth-order valence-corrected chi connectivity index (χ4v) is 6.62. The highest BCUT2D eigenvalue weighted by molar-refractivity contribution is 7.23. The van der Waals surface area contributed by atoms with E-state index in [-0.39, 0.29) is 17.7 Å². The lowest BCUT2D eigenvalue weighted by molar-refractivity contribution is -0.132. The molecule has 2 aromatic heterocycles. The van der Waals surface area contributed by atoms with E-state index in [1.807, 2.05) is 29.6 Å². The molecule has 2 amide bonds. The van der Waals surface area contributed by atoms with Gasteiger partial charge in [-0.05, 0) is 25.0 Å². The summed E-state index contributed by atoms with van der Waals surface area (Å²) in [4.78, 5) is 36.3. The fraction of sp³-hybridized carbons (Fsp3) is 0.310. The summed E-state index contributed by atoms with van der Waals surface area (Å²) < 4.78 is 16.3. The van der Waals surface area contributed by atoms with Gasteiger partial charge in [0.1, 0.15) is 15.7 Å². The number of likely N-dealkylation sites (tertiary alicyclic amines) is 1. The van der Waals surface area contributed by atoms with Crippen molar-refractivity contribution in [3.63, 3.8) is 0 Å². The number of piperidine rings is 1. The van der Waals surface area contributed by atoms with Crippen LogP contribution in [0, 0.1) is 5.92 Å². The molecule has 4 N–H and O–H groups in total. The van der Waals surface area contributed by atoms with Crippen LogP contribution in [0.25, 0.3) is 21.1 Å². The van der Waals surface area contributed by atoms with Gasteiger partial charge < -0.3 is 35.5 Å². The van der Waals surface area contributed by atoms with Gasteiger partial charge in [0.15, 0.2) is 16.6 Å². The first-order valence-corrected chi connectivity index (χ1v) is 14.9. The Balaban J connectivity index is 1.29. The molecule has 0 aliphatic carbocycles. The molecule has 1 saturated heterocycles. The van der Waals surface area contributed by atoms with Crippen molar-refractivity contribution in [3.8, 4) is 38.4 Å². The molecule has 5 rings (SSSR count). The van der Waals surface area contributed by atoms with Crippen molar-refractivity contribution in [2.75, 3.05) is 50.8 Å². The van der Waals surface area contributed by atoms with E-state index in [2.05, 4.69) is 15.6 Å². The van der Waals surface area contributed by atoms with E-state index in [1.165, 1.54) is 22.7 Å². The zero-order valence-electron chi connectivity index (χ0n) is 23.7. The highest BCUT2D eigenvalue weighted by Gasteiger charge is 2.26. The lowest BCUT2D eigenvalue weighted by atomic mass is 9.95. The van der Waals surface area contributed by atoms with E-state index in [0.29, 0.717) is 65.5 Å². The Hall–Kier alpha value is -4.36. The summed E-state index contributed by atoms with van der Waals surface area (Å²) in [5.74, 6) is 1.81. The third kappa shape index (κ3) is 6.26. The fourth-order valence-electron chi connectivity index (χ4n) is 4.78. The number of carbonyl (C=O) groups excluding carboxylic acids is 2. The number of amides is 2. The van der Waals surface area contributed by atoms with Crippen LogP contribution in [0.1, 0.15) is 19.8 Å². The van der Waals surface area contributed by atoms with Crippen LogP contribution in [0.4, 0.5) is 22.3 Å². The van der Waals surface area contributed by atoms with Gasteiger partial charge in [0.25, 0.3) is 0 Å². The number of benzene rings is 2. The smallest absolute Gasteiger partial charge is 0.227 e. The minimum absolute atomic E-state index is 0.0288. The zero-order chi connectivity index (χ0) is 29.8. The number of rotatable bonds is 9. The van der Waals surface area contributed by atoms with Crippen LogP contribution in [0.2, 0.25) is 0 Å². The van der Waals surface area contributed by atoms with Crippen molar-refractivity contribution in [3.05, 3.63) is 41.8 Å². The molecule has 42 heavy (non-hydrogen) atoms. The predicted octanol–water partition coefficient (Wildman–Crippen LogP) is 5.48. The predicted molar refractivity (Wildman–Crippen MR) is 166 cm³/mol. The summed E-state index contributed by atoms with van der Waals surface area (Å²) in [5.41, 5.74) is 9.35. The lowest BCUT2D eigenvalue weighted by Gasteiger charge is -2.30. The molecule has 3 heterocycles. The summed E-state index contributed by atoms with van der Waals surface area (Å²) in [6.45, 7) is 2.78. The number of ether oxygens (including phenoxy) is 3. The molecule has 0 saturated carbocycles. The van der Waals surface area contributed by atoms with E-state index < -0.39 is 0 Å². The molecule has 0 radical (unpaired) electrons. The first-order valence-electron chi connectivity index (χ1n) is 13.3. The number of thiazole rings is 2. The highest BCUT2D eigenvalue weighted by atomic mass is 32.1. The first-order chi connectivity index (χ1) is 20.3. The van der Waals surface area contributed by atoms with Crippen molar-refractivity contribution in [1.29, 1.82) is 0 Å². The number of nitrogen functional groups attached to an aromatic ring is 1. The Morgan fingerprint density at radius 3 is 2.36 bits per heavy atom. The molecule has 0 bridgehead atoms. The van der Waals surface area contributed by atoms with Gasteiger partial charge in [-0.2, -0.15) is 0 Å². The van der Waals surface area contributed by atoms with Crippen LogP contribution in [0.15, 0.2) is 41.8 Å². The molecule has 0 spiro atoms. The van der Waals surface area contributed by atoms with Crippen LogP contribution in [-0.2, 0) is 9.59 Å². The van der Waals surface area contributed by atoms with E-state index in [1.54, 1.807) is 45.3 Å². The minimum Gasteiger partial charge on any atom is -0.493 e. The third-order valence-electron chi connectivity index (χ3n) is 7.00. The van der Waals surface area contributed by atoms with Gasteiger partial charge in [0.2, 0.25) is 17.6 Å². The van der Waals surface area contributed by atoms with Crippen molar-refractivity contribution in [2.45, 2.75) is 19.8 Å². The molecule has 2 aromatic carbocycles. The Morgan fingerprint density at radius 2 is 1.71 bits per heavy atom. The molecule has 1 fully saturated rings. The van der Waals surface area contributed by atoms with Crippen molar-refractivity contribution in [2.24, 2.45) is 5.92 Å². The first kappa shape index (κ1) is 29.1. The molecule has 0 unspecified atom stereocenters.